The highest BCUT2D eigenvalue weighted by Gasteiger charge is 2.01. The average molecular weight is 131 g/mol. The van der Waals surface area contributed by atoms with Crippen LogP contribution in [0.15, 0.2) is 0 Å². The van der Waals surface area contributed by atoms with Crippen LogP contribution in [0.3, 0.4) is 0 Å². The van der Waals surface area contributed by atoms with E-state index in [9.17, 15) is 0 Å². The Kier molecular flexibility index (Phi) is 4.72. The normalized spacial score (nSPS) is 14.3. The molecule has 2 heteroatoms. The fraction of sp³-hybridized carbons (Fsp3) is 1.00. The first-order valence-corrected chi connectivity index (χ1v) is 3.57. The van der Waals surface area contributed by atoms with Gasteiger partial charge in [-0.05, 0) is 20.0 Å². The van der Waals surface area contributed by atoms with Gasteiger partial charge in [0, 0.05) is 6.54 Å². The molecule has 0 rings (SSSR count). The third-order valence-electron chi connectivity index (χ3n) is 1.53. The van der Waals surface area contributed by atoms with Gasteiger partial charge in [0.05, 0.1) is 6.10 Å². The summed E-state index contributed by atoms with van der Waals surface area (Å²) in [6.45, 7) is 5.89. The van der Waals surface area contributed by atoms with E-state index in [1.54, 1.807) is 0 Å². The summed E-state index contributed by atoms with van der Waals surface area (Å²) in [5.41, 5.74) is 0. The first kappa shape index (κ1) is 8.92. The number of nitrogens with zero attached hydrogens (tertiary/aromatic N) is 1. The maximum atomic E-state index is 9.12. The molecule has 0 unspecified atom stereocenters. The lowest BCUT2D eigenvalue weighted by molar-refractivity contribution is 0.125. The van der Waals surface area contributed by atoms with E-state index in [2.05, 4.69) is 11.8 Å². The Morgan fingerprint density at radius 3 is 2.33 bits per heavy atom. The van der Waals surface area contributed by atoms with Crippen molar-refractivity contribution in [3.8, 4) is 0 Å². The predicted octanol–water partition coefficient (Wildman–Crippen LogP) is 0.709. The third kappa shape index (κ3) is 4.43. The molecule has 9 heavy (non-hydrogen) atoms. The van der Waals surface area contributed by atoms with E-state index in [4.69, 9.17) is 5.11 Å². The van der Waals surface area contributed by atoms with Gasteiger partial charge in [0.2, 0.25) is 0 Å². The van der Waals surface area contributed by atoms with Gasteiger partial charge in [0.25, 0.3) is 0 Å². The molecule has 0 aliphatic heterocycles. The smallest absolute Gasteiger partial charge is 0.0664 e. The van der Waals surface area contributed by atoms with Crippen LogP contribution in [-0.4, -0.2) is 36.2 Å². The minimum Gasteiger partial charge on any atom is -0.392 e. The highest BCUT2D eigenvalue weighted by molar-refractivity contribution is 4.56. The van der Waals surface area contributed by atoms with Gasteiger partial charge in [0.15, 0.2) is 0 Å². The maximum absolute atomic E-state index is 9.12. The van der Waals surface area contributed by atoms with Gasteiger partial charge in [-0.15, -0.1) is 0 Å². The molecule has 0 bridgehead atoms. The summed E-state index contributed by atoms with van der Waals surface area (Å²) < 4.78 is 0. The van der Waals surface area contributed by atoms with Gasteiger partial charge in [-0.2, -0.15) is 0 Å². The molecule has 56 valence electrons. The number of hydrogen-bond donors (Lipinski definition) is 1. The van der Waals surface area contributed by atoms with Crippen LogP contribution in [0, 0.1) is 0 Å². The lowest BCUT2D eigenvalue weighted by Gasteiger charge is -2.16. The topological polar surface area (TPSA) is 23.5 Å². The Balaban J connectivity index is 3.22. The van der Waals surface area contributed by atoms with Crippen molar-refractivity contribution in [2.24, 2.45) is 0 Å². The lowest BCUT2D eigenvalue weighted by atomic mass is 10.3. The molecule has 1 N–H and O–H groups in total. The second-order valence-corrected chi connectivity index (χ2v) is 2.42. The van der Waals surface area contributed by atoms with E-state index in [1.807, 2.05) is 14.0 Å². The minimum absolute atomic E-state index is 0.144. The molecule has 0 amide bonds. The zero-order valence-electron chi connectivity index (χ0n) is 6.59. The number of likely N-dealkylation sites (N-methyl/N-ethyl adjacent to an activating group) is 1. The molecule has 0 aromatic rings. The average Bonchev–Trinajstić information content (AvgIpc) is 1.87. The Morgan fingerprint density at radius 1 is 1.44 bits per heavy atom. The summed E-state index contributed by atoms with van der Waals surface area (Å²) in [5.74, 6) is 0. The SMILES string of the molecule is CC[C@@H](O)CN(C)CC. The van der Waals surface area contributed by atoms with E-state index in [-0.39, 0.29) is 6.10 Å². The monoisotopic (exact) mass is 131 g/mol. The van der Waals surface area contributed by atoms with E-state index in [0.717, 1.165) is 19.5 Å². The van der Waals surface area contributed by atoms with Crippen molar-refractivity contribution in [2.75, 3.05) is 20.1 Å². The second kappa shape index (κ2) is 4.77. The molecule has 0 aliphatic carbocycles. The van der Waals surface area contributed by atoms with E-state index >= 15 is 0 Å². The molecule has 0 saturated carbocycles. The summed E-state index contributed by atoms with van der Waals surface area (Å²) >= 11 is 0. The largest absolute Gasteiger partial charge is 0.392 e. The number of hydrogen-bond acceptors (Lipinski definition) is 2. The standard InChI is InChI=1S/C7H17NO/c1-4-7(9)6-8(3)5-2/h7,9H,4-6H2,1-3H3/t7-/m1/s1. The van der Waals surface area contributed by atoms with Crippen LogP contribution < -0.4 is 0 Å². The Hall–Kier alpha value is -0.0800. The first-order valence-electron chi connectivity index (χ1n) is 3.57. The van der Waals surface area contributed by atoms with Crippen LogP contribution in [0.4, 0.5) is 0 Å². The molecule has 0 spiro atoms. The maximum Gasteiger partial charge on any atom is 0.0664 e. The molecule has 2 nitrogen and oxygen atoms in total. The van der Waals surface area contributed by atoms with Gasteiger partial charge in [0.1, 0.15) is 0 Å². The Labute approximate surface area is 57.5 Å². The highest BCUT2D eigenvalue weighted by Crippen LogP contribution is 1.91. The zero-order chi connectivity index (χ0) is 7.28. The quantitative estimate of drug-likeness (QED) is 0.607. The Morgan fingerprint density at radius 2 is 2.00 bits per heavy atom. The molecule has 0 radical (unpaired) electrons. The van der Waals surface area contributed by atoms with Gasteiger partial charge < -0.3 is 10.0 Å². The van der Waals surface area contributed by atoms with Crippen molar-refractivity contribution in [3.05, 3.63) is 0 Å². The van der Waals surface area contributed by atoms with Crippen LogP contribution in [0.1, 0.15) is 20.3 Å². The molecule has 0 aliphatic rings. The van der Waals surface area contributed by atoms with Gasteiger partial charge in [-0.25, -0.2) is 0 Å². The van der Waals surface area contributed by atoms with Crippen LogP contribution in [0.5, 0.6) is 0 Å². The fourth-order valence-corrected chi connectivity index (χ4v) is 0.618. The molecule has 0 aromatic carbocycles. The van der Waals surface area contributed by atoms with E-state index < -0.39 is 0 Å². The molecule has 0 heterocycles. The van der Waals surface area contributed by atoms with Crippen molar-refractivity contribution in [1.82, 2.24) is 4.90 Å². The third-order valence-corrected chi connectivity index (χ3v) is 1.53. The zero-order valence-corrected chi connectivity index (χ0v) is 6.59. The number of aliphatic hydroxyl groups excluding tert-OH is 1. The van der Waals surface area contributed by atoms with E-state index in [0.29, 0.717) is 0 Å². The summed E-state index contributed by atoms with van der Waals surface area (Å²) in [6.07, 6.45) is 0.708. The van der Waals surface area contributed by atoms with Crippen molar-refractivity contribution < 1.29 is 5.11 Å². The summed E-state index contributed by atoms with van der Waals surface area (Å²) in [5, 5.41) is 9.12. The summed E-state index contributed by atoms with van der Waals surface area (Å²) in [6, 6.07) is 0. The fourth-order valence-electron chi connectivity index (χ4n) is 0.618. The second-order valence-electron chi connectivity index (χ2n) is 2.42. The van der Waals surface area contributed by atoms with Gasteiger partial charge in [-0.1, -0.05) is 13.8 Å². The van der Waals surface area contributed by atoms with E-state index in [1.165, 1.54) is 0 Å². The molecule has 0 saturated heterocycles. The van der Waals surface area contributed by atoms with Crippen molar-refractivity contribution in [1.29, 1.82) is 0 Å². The van der Waals surface area contributed by atoms with Crippen LogP contribution in [0.25, 0.3) is 0 Å². The van der Waals surface area contributed by atoms with Crippen LogP contribution >= 0.6 is 0 Å². The van der Waals surface area contributed by atoms with Crippen molar-refractivity contribution in [3.63, 3.8) is 0 Å². The highest BCUT2D eigenvalue weighted by atomic mass is 16.3. The van der Waals surface area contributed by atoms with Crippen LogP contribution in [-0.2, 0) is 0 Å². The molecule has 1 atom stereocenters. The molecule has 0 fully saturated rings. The van der Waals surface area contributed by atoms with Crippen molar-refractivity contribution >= 4 is 0 Å². The molecular formula is C7H17NO. The van der Waals surface area contributed by atoms with Gasteiger partial charge >= 0.3 is 0 Å². The summed E-state index contributed by atoms with van der Waals surface area (Å²) in [7, 11) is 2.01. The van der Waals surface area contributed by atoms with Crippen molar-refractivity contribution in [2.45, 2.75) is 26.4 Å². The number of aliphatic hydroxyl groups is 1. The molecular weight excluding hydrogens is 114 g/mol. The molecule has 0 aromatic heterocycles. The lowest BCUT2D eigenvalue weighted by Crippen LogP contribution is -2.28. The summed E-state index contributed by atoms with van der Waals surface area (Å²) in [4.78, 5) is 2.11. The first-order chi connectivity index (χ1) is 4.20. The Bertz CT molecular complexity index is 57.9. The van der Waals surface area contributed by atoms with Crippen LogP contribution in [0.2, 0.25) is 0 Å². The minimum atomic E-state index is -0.144. The van der Waals surface area contributed by atoms with Gasteiger partial charge in [-0.3, -0.25) is 0 Å². The predicted molar refractivity (Wildman–Crippen MR) is 39.5 cm³/mol. The number of rotatable bonds is 4.